The van der Waals surface area contributed by atoms with Crippen LogP contribution < -0.4 is 10.1 Å². The average Bonchev–Trinajstić information content (AvgIpc) is 3.44. The number of ether oxygens (including phenoxy) is 1. The number of methoxy groups -OCH3 is 1. The van der Waals surface area contributed by atoms with E-state index in [1.54, 1.807) is 47.7 Å². The summed E-state index contributed by atoms with van der Waals surface area (Å²) in [7, 11) is -2.41. The number of imidazole rings is 1. The third-order valence-electron chi connectivity index (χ3n) is 4.46. The molecule has 0 fully saturated rings. The molecule has 160 valence electrons. The third-order valence-corrected chi connectivity index (χ3v) is 8.11. The van der Waals surface area contributed by atoms with Crippen LogP contribution in [0.4, 0.5) is 0 Å². The van der Waals surface area contributed by atoms with Gasteiger partial charge in [-0.3, -0.25) is 4.79 Å². The lowest BCUT2D eigenvalue weighted by Crippen LogP contribution is -2.24. The van der Waals surface area contributed by atoms with Gasteiger partial charge in [0.15, 0.2) is 5.16 Å². The van der Waals surface area contributed by atoms with Gasteiger partial charge in [-0.2, -0.15) is 0 Å². The summed E-state index contributed by atoms with van der Waals surface area (Å²) in [5.74, 6) is 0.414. The lowest BCUT2D eigenvalue weighted by molar-refractivity contribution is -0.118. The van der Waals surface area contributed by atoms with E-state index in [-0.39, 0.29) is 21.7 Å². The Morgan fingerprint density at radius 3 is 2.61 bits per heavy atom. The molecule has 0 bridgehead atoms. The standard InChI is InChI=1S/C21H19N3O4S3/c1-28-15-8-10-17(11-9-15)31(26,27)24-19-7-3-2-6-18(19)23-21(24)30-14-20(25)22-13-16-5-4-12-29-16/h2-12H,13-14H2,1H3,(H,22,25). The highest BCUT2D eigenvalue weighted by Gasteiger charge is 2.25. The fraction of sp³-hybridized carbons (Fsp3) is 0.143. The van der Waals surface area contributed by atoms with Crippen molar-refractivity contribution in [3.05, 3.63) is 70.9 Å². The molecule has 7 nitrogen and oxygen atoms in total. The second-order valence-corrected chi connectivity index (χ2v) is 10.2. The van der Waals surface area contributed by atoms with Gasteiger partial charge in [-0.05, 0) is 47.8 Å². The first-order chi connectivity index (χ1) is 15.0. The molecule has 0 aliphatic carbocycles. The van der Waals surface area contributed by atoms with E-state index in [0.29, 0.717) is 23.3 Å². The van der Waals surface area contributed by atoms with E-state index in [1.165, 1.54) is 23.2 Å². The molecule has 1 amide bonds. The zero-order valence-corrected chi connectivity index (χ0v) is 19.0. The Kier molecular flexibility index (Phi) is 6.30. The Morgan fingerprint density at radius 2 is 1.90 bits per heavy atom. The first kappa shape index (κ1) is 21.4. The minimum absolute atomic E-state index is 0.0484. The zero-order chi connectivity index (χ0) is 21.8. The summed E-state index contributed by atoms with van der Waals surface area (Å²) in [5, 5.41) is 5.03. The summed E-state index contributed by atoms with van der Waals surface area (Å²) in [6.07, 6.45) is 0. The van der Waals surface area contributed by atoms with Gasteiger partial charge in [-0.25, -0.2) is 17.4 Å². The van der Waals surface area contributed by atoms with Crippen LogP contribution >= 0.6 is 23.1 Å². The number of benzene rings is 2. The van der Waals surface area contributed by atoms with E-state index in [9.17, 15) is 13.2 Å². The Hall–Kier alpha value is -2.82. The molecule has 0 radical (unpaired) electrons. The summed E-state index contributed by atoms with van der Waals surface area (Å²) in [4.78, 5) is 17.9. The van der Waals surface area contributed by atoms with E-state index >= 15 is 0 Å². The van der Waals surface area contributed by atoms with E-state index < -0.39 is 10.0 Å². The predicted molar refractivity (Wildman–Crippen MR) is 122 cm³/mol. The van der Waals surface area contributed by atoms with Crippen molar-refractivity contribution in [3.63, 3.8) is 0 Å². The Morgan fingerprint density at radius 1 is 1.13 bits per heavy atom. The first-order valence-corrected chi connectivity index (χ1v) is 12.6. The second-order valence-electron chi connectivity index (χ2n) is 6.47. The summed E-state index contributed by atoms with van der Waals surface area (Å²) >= 11 is 2.65. The molecule has 2 aromatic carbocycles. The number of carbonyl (C=O) groups excluding carboxylic acids is 1. The highest BCUT2D eigenvalue weighted by atomic mass is 32.2. The van der Waals surface area contributed by atoms with Gasteiger partial charge in [-0.1, -0.05) is 30.0 Å². The lowest BCUT2D eigenvalue weighted by atomic mass is 10.3. The highest BCUT2D eigenvalue weighted by Crippen LogP contribution is 2.29. The monoisotopic (exact) mass is 473 g/mol. The molecule has 31 heavy (non-hydrogen) atoms. The minimum Gasteiger partial charge on any atom is -0.497 e. The van der Waals surface area contributed by atoms with E-state index in [1.807, 2.05) is 17.5 Å². The van der Waals surface area contributed by atoms with Crippen LogP contribution in [-0.2, 0) is 21.4 Å². The molecule has 0 aliphatic heterocycles. The molecular weight excluding hydrogens is 454 g/mol. The zero-order valence-electron chi connectivity index (χ0n) is 16.5. The number of fused-ring (bicyclic) bond motifs is 1. The number of nitrogens with zero attached hydrogens (tertiary/aromatic N) is 2. The number of rotatable bonds is 8. The van der Waals surface area contributed by atoms with Crippen molar-refractivity contribution in [3.8, 4) is 5.75 Å². The SMILES string of the molecule is COc1ccc(S(=O)(=O)n2c(SCC(=O)NCc3cccs3)nc3ccccc32)cc1. The molecule has 4 rings (SSSR count). The Balaban J connectivity index is 1.61. The fourth-order valence-corrected chi connectivity index (χ4v) is 6.13. The topological polar surface area (TPSA) is 90.3 Å². The smallest absolute Gasteiger partial charge is 0.270 e. The van der Waals surface area contributed by atoms with Gasteiger partial charge in [0.25, 0.3) is 10.0 Å². The van der Waals surface area contributed by atoms with Crippen LogP contribution in [0.2, 0.25) is 0 Å². The molecule has 1 N–H and O–H groups in total. The van der Waals surface area contributed by atoms with Gasteiger partial charge >= 0.3 is 0 Å². The number of hydrogen-bond donors (Lipinski definition) is 1. The number of aromatic nitrogens is 2. The summed E-state index contributed by atoms with van der Waals surface area (Å²) in [6, 6.07) is 17.0. The van der Waals surface area contributed by atoms with Crippen LogP contribution in [0.5, 0.6) is 5.75 Å². The molecule has 2 heterocycles. The molecule has 0 aliphatic rings. The number of nitrogens with one attached hydrogen (secondary N) is 1. The normalized spacial score (nSPS) is 11.5. The van der Waals surface area contributed by atoms with Crippen molar-refractivity contribution in [1.82, 2.24) is 14.3 Å². The quantitative estimate of drug-likeness (QED) is 0.392. The van der Waals surface area contributed by atoms with Crippen LogP contribution in [0.1, 0.15) is 4.88 Å². The van der Waals surface area contributed by atoms with Crippen molar-refractivity contribution >= 4 is 50.1 Å². The molecule has 0 saturated heterocycles. The second kappa shape index (κ2) is 9.13. The maximum absolute atomic E-state index is 13.4. The summed E-state index contributed by atoms with van der Waals surface area (Å²) in [5.41, 5.74) is 1.00. The largest absolute Gasteiger partial charge is 0.497 e. The molecule has 10 heteroatoms. The van der Waals surface area contributed by atoms with Crippen LogP contribution in [-0.4, -0.2) is 36.1 Å². The van der Waals surface area contributed by atoms with Crippen LogP contribution in [0.3, 0.4) is 0 Å². The number of amides is 1. The number of thioether (sulfide) groups is 1. The molecule has 0 atom stereocenters. The fourth-order valence-electron chi connectivity index (χ4n) is 2.94. The first-order valence-electron chi connectivity index (χ1n) is 9.28. The molecule has 2 aromatic heterocycles. The molecule has 0 saturated carbocycles. The van der Waals surface area contributed by atoms with Gasteiger partial charge in [0, 0.05) is 4.88 Å². The van der Waals surface area contributed by atoms with Gasteiger partial charge in [0.1, 0.15) is 5.75 Å². The van der Waals surface area contributed by atoms with Gasteiger partial charge in [0.05, 0.1) is 35.3 Å². The number of carbonyl (C=O) groups is 1. The van der Waals surface area contributed by atoms with Gasteiger partial charge in [0.2, 0.25) is 5.91 Å². The van der Waals surface area contributed by atoms with Crippen molar-refractivity contribution in [2.24, 2.45) is 0 Å². The Labute approximate surface area is 188 Å². The van der Waals surface area contributed by atoms with Crippen molar-refractivity contribution in [2.75, 3.05) is 12.9 Å². The van der Waals surface area contributed by atoms with Gasteiger partial charge < -0.3 is 10.1 Å². The van der Waals surface area contributed by atoms with Crippen LogP contribution in [0.25, 0.3) is 11.0 Å². The lowest BCUT2D eigenvalue weighted by Gasteiger charge is -2.11. The summed E-state index contributed by atoms with van der Waals surface area (Å²) < 4.78 is 33.2. The molecule has 4 aromatic rings. The summed E-state index contributed by atoms with van der Waals surface area (Å²) in [6.45, 7) is 0.442. The van der Waals surface area contributed by atoms with E-state index in [4.69, 9.17) is 4.74 Å². The molecular formula is C21H19N3O4S3. The maximum atomic E-state index is 13.4. The minimum atomic E-state index is -3.93. The van der Waals surface area contributed by atoms with E-state index in [2.05, 4.69) is 10.3 Å². The third kappa shape index (κ3) is 4.60. The van der Waals surface area contributed by atoms with Gasteiger partial charge in [-0.15, -0.1) is 11.3 Å². The van der Waals surface area contributed by atoms with Crippen molar-refractivity contribution in [1.29, 1.82) is 0 Å². The number of thiophene rings is 1. The van der Waals surface area contributed by atoms with Crippen molar-refractivity contribution < 1.29 is 17.9 Å². The number of para-hydroxylation sites is 2. The molecule has 0 spiro atoms. The molecule has 0 unspecified atom stereocenters. The van der Waals surface area contributed by atoms with Crippen LogP contribution in [0, 0.1) is 0 Å². The van der Waals surface area contributed by atoms with Crippen molar-refractivity contribution in [2.45, 2.75) is 16.6 Å². The van der Waals surface area contributed by atoms with E-state index in [0.717, 1.165) is 16.6 Å². The highest BCUT2D eigenvalue weighted by molar-refractivity contribution is 8.00. The number of hydrogen-bond acceptors (Lipinski definition) is 7. The maximum Gasteiger partial charge on any atom is 0.270 e. The van der Waals surface area contributed by atoms with Crippen LogP contribution in [0.15, 0.2) is 76.1 Å². The average molecular weight is 474 g/mol. The Bertz CT molecular complexity index is 1300. The predicted octanol–water partition coefficient (Wildman–Crippen LogP) is 3.75.